The predicted octanol–water partition coefficient (Wildman–Crippen LogP) is 3.67. The van der Waals surface area contributed by atoms with Crippen molar-refractivity contribution in [2.75, 3.05) is 36.5 Å². The highest BCUT2D eigenvalue weighted by Crippen LogP contribution is 2.31. The fourth-order valence-corrected chi connectivity index (χ4v) is 2.63. The first kappa shape index (κ1) is 15.3. The summed E-state index contributed by atoms with van der Waals surface area (Å²) >= 11 is 12.2. The third-order valence-electron chi connectivity index (χ3n) is 3.37. The number of anilines is 3. The quantitative estimate of drug-likeness (QED) is 0.925. The minimum Gasteiger partial charge on any atom is -0.378 e. The van der Waals surface area contributed by atoms with Crippen molar-refractivity contribution >= 4 is 40.7 Å². The summed E-state index contributed by atoms with van der Waals surface area (Å²) in [7, 11) is 0. The fourth-order valence-electron chi connectivity index (χ4n) is 2.28. The molecule has 1 aromatic carbocycles. The molecule has 0 bridgehead atoms. The number of ether oxygens (including phenoxy) is 1. The smallest absolute Gasteiger partial charge is 0.229 e. The number of nitrogens with one attached hydrogen (secondary N) is 1. The molecule has 3 rings (SSSR count). The van der Waals surface area contributed by atoms with Crippen molar-refractivity contribution in [2.45, 2.75) is 6.92 Å². The van der Waals surface area contributed by atoms with E-state index in [-0.39, 0.29) is 0 Å². The third-order valence-corrected chi connectivity index (χ3v) is 4.19. The van der Waals surface area contributed by atoms with Crippen LogP contribution in [0.5, 0.6) is 0 Å². The average Bonchev–Trinajstić information content (AvgIpc) is 2.52. The first-order valence-corrected chi connectivity index (χ1v) is 7.78. The highest BCUT2D eigenvalue weighted by atomic mass is 35.5. The van der Waals surface area contributed by atoms with Crippen molar-refractivity contribution in [1.29, 1.82) is 0 Å². The largest absolute Gasteiger partial charge is 0.378 e. The summed E-state index contributed by atoms with van der Waals surface area (Å²) in [5, 5.41) is 4.09. The molecule has 5 nitrogen and oxygen atoms in total. The topological polar surface area (TPSA) is 50.3 Å². The highest BCUT2D eigenvalue weighted by molar-refractivity contribution is 6.43. The van der Waals surface area contributed by atoms with E-state index in [1.54, 1.807) is 6.07 Å². The fraction of sp³-hybridized carbons (Fsp3) is 0.333. The first-order valence-electron chi connectivity index (χ1n) is 7.03. The van der Waals surface area contributed by atoms with Crippen LogP contribution in [0.25, 0.3) is 0 Å². The van der Waals surface area contributed by atoms with Crippen LogP contribution in [-0.2, 0) is 4.74 Å². The van der Waals surface area contributed by atoms with Crippen LogP contribution >= 0.6 is 23.2 Å². The highest BCUT2D eigenvalue weighted by Gasteiger charge is 2.15. The Morgan fingerprint density at radius 1 is 1.18 bits per heavy atom. The number of aryl methyl sites for hydroxylation is 1. The summed E-state index contributed by atoms with van der Waals surface area (Å²) in [4.78, 5) is 11.2. The van der Waals surface area contributed by atoms with Gasteiger partial charge in [-0.15, -0.1) is 0 Å². The van der Waals surface area contributed by atoms with Crippen LogP contribution in [0.2, 0.25) is 10.0 Å². The van der Waals surface area contributed by atoms with Gasteiger partial charge in [0.2, 0.25) is 5.95 Å². The van der Waals surface area contributed by atoms with Gasteiger partial charge in [-0.2, -0.15) is 4.98 Å². The molecule has 1 aliphatic heterocycles. The Bertz CT molecular complexity index is 675. The molecule has 2 heterocycles. The number of rotatable bonds is 3. The second kappa shape index (κ2) is 6.69. The summed E-state index contributed by atoms with van der Waals surface area (Å²) in [6.07, 6.45) is 0. The van der Waals surface area contributed by atoms with Crippen molar-refractivity contribution in [3.05, 3.63) is 40.0 Å². The van der Waals surface area contributed by atoms with Crippen LogP contribution < -0.4 is 10.2 Å². The van der Waals surface area contributed by atoms with E-state index >= 15 is 0 Å². The zero-order valence-corrected chi connectivity index (χ0v) is 13.7. The molecule has 1 saturated heterocycles. The van der Waals surface area contributed by atoms with Gasteiger partial charge >= 0.3 is 0 Å². The van der Waals surface area contributed by atoms with Crippen LogP contribution in [-0.4, -0.2) is 36.3 Å². The maximum Gasteiger partial charge on any atom is 0.229 e. The van der Waals surface area contributed by atoms with Gasteiger partial charge in [-0.3, -0.25) is 0 Å². The molecule has 0 amide bonds. The lowest BCUT2D eigenvalue weighted by Gasteiger charge is -2.28. The average molecular weight is 339 g/mol. The Morgan fingerprint density at radius 2 is 1.95 bits per heavy atom. The number of hydrogen-bond acceptors (Lipinski definition) is 5. The van der Waals surface area contributed by atoms with Crippen LogP contribution in [0.3, 0.4) is 0 Å². The summed E-state index contributed by atoms with van der Waals surface area (Å²) in [6.45, 7) is 5.02. The molecule has 1 aromatic heterocycles. The number of halogens is 2. The molecule has 1 fully saturated rings. The molecule has 116 valence electrons. The number of benzene rings is 1. The number of morpholine rings is 1. The second-order valence-corrected chi connectivity index (χ2v) is 5.80. The number of hydrogen-bond donors (Lipinski definition) is 1. The van der Waals surface area contributed by atoms with Gasteiger partial charge in [0.25, 0.3) is 0 Å². The molecule has 0 spiro atoms. The summed E-state index contributed by atoms with van der Waals surface area (Å²) < 4.78 is 5.37. The maximum atomic E-state index is 6.19. The molecule has 0 unspecified atom stereocenters. The maximum absolute atomic E-state index is 6.19. The van der Waals surface area contributed by atoms with Crippen LogP contribution in [0.15, 0.2) is 24.3 Å². The molecule has 0 aliphatic carbocycles. The number of aromatic nitrogens is 2. The van der Waals surface area contributed by atoms with Gasteiger partial charge < -0.3 is 15.0 Å². The lowest BCUT2D eigenvalue weighted by atomic mass is 10.3. The predicted molar refractivity (Wildman–Crippen MR) is 89.5 cm³/mol. The van der Waals surface area contributed by atoms with E-state index in [4.69, 9.17) is 27.9 Å². The van der Waals surface area contributed by atoms with E-state index in [9.17, 15) is 0 Å². The molecule has 1 N–H and O–H groups in total. The van der Waals surface area contributed by atoms with Crippen molar-refractivity contribution in [3.8, 4) is 0 Å². The van der Waals surface area contributed by atoms with E-state index < -0.39 is 0 Å². The van der Waals surface area contributed by atoms with Gasteiger partial charge in [-0.05, 0) is 19.1 Å². The lowest BCUT2D eigenvalue weighted by molar-refractivity contribution is 0.122. The van der Waals surface area contributed by atoms with Crippen molar-refractivity contribution in [3.63, 3.8) is 0 Å². The molecule has 0 radical (unpaired) electrons. The van der Waals surface area contributed by atoms with E-state index in [1.807, 2.05) is 25.1 Å². The van der Waals surface area contributed by atoms with Gasteiger partial charge in [0.05, 0.1) is 28.9 Å². The SMILES string of the molecule is Cc1cc(N2CCOCC2)nc(Nc2cccc(Cl)c2Cl)n1. The van der Waals surface area contributed by atoms with Gasteiger partial charge in [-0.1, -0.05) is 29.3 Å². The Kier molecular flexibility index (Phi) is 4.66. The minimum atomic E-state index is 0.460. The van der Waals surface area contributed by atoms with Crippen molar-refractivity contribution in [1.82, 2.24) is 9.97 Å². The summed E-state index contributed by atoms with van der Waals surface area (Å²) in [5.74, 6) is 1.39. The molecular weight excluding hydrogens is 323 g/mol. The Balaban J connectivity index is 1.87. The molecular formula is C15H16Cl2N4O. The van der Waals surface area contributed by atoms with Crippen molar-refractivity contribution < 1.29 is 4.74 Å². The summed E-state index contributed by atoms with van der Waals surface area (Å²) in [5.41, 5.74) is 1.57. The minimum absolute atomic E-state index is 0.460. The zero-order valence-electron chi connectivity index (χ0n) is 12.1. The van der Waals surface area contributed by atoms with E-state index in [2.05, 4.69) is 20.2 Å². The van der Waals surface area contributed by atoms with Gasteiger partial charge in [0.1, 0.15) is 5.82 Å². The van der Waals surface area contributed by atoms with E-state index in [0.717, 1.165) is 24.6 Å². The standard InChI is InChI=1S/C15H16Cl2N4O/c1-10-9-13(21-5-7-22-8-6-21)20-15(18-10)19-12-4-2-3-11(16)14(12)17/h2-4,9H,5-8H2,1H3,(H,18,19,20). The van der Waals surface area contributed by atoms with E-state index in [1.165, 1.54) is 0 Å². The molecule has 0 atom stereocenters. The Hall–Kier alpha value is -1.56. The molecule has 1 aliphatic rings. The normalized spacial score (nSPS) is 15.0. The van der Waals surface area contributed by atoms with Gasteiger partial charge in [-0.25, -0.2) is 4.98 Å². The monoisotopic (exact) mass is 338 g/mol. The molecule has 0 saturated carbocycles. The first-order chi connectivity index (χ1) is 10.6. The van der Waals surface area contributed by atoms with Crippen LogP contribution in [0.4, 0.5) is 17.5 Å². The molecule has 2 aromatic rings. The van der Waals surface area contributed by atoms with Gasteiger partial charge in [0.15, 0.2) is 0 Å². The van der Waals surface area contributed by atoms with Crippen molar-refractivity contribution in [2.24, 2.45) is 0 Å². The van der Waals surface area contributed by atoms with Crippen LogP contribution in [0, 0.1) is 6.92 Å². The third kappa shape index (κ3) is 3.43. The van der Waals surface area contributed by atoms with E-state index in [0.29, 0.717) is 34.9 Å². The van der Waals surface area contributed by atoms with Gasteiger partial charge in [0, 0.05) is 24.8 Å². The zero-order chi connectivity index (χ0) is 15.5. The molecule has 22 heavy (non-hydrogen) atoms. The second-order valence-electron chi connectivity index (χ2n) is 5.02. The number of nitrogens with zero attached hydrogens (tertiary/aromatic N) is 3. The Labute approximate surface area is 139 Å². The molecule has 7 heteroatoms. The van der Waals surface area contributed by atoms with Crippen LogP contribution in [0.1, 0.15) is 5.69 Å². The summed E-state index contributed by atoms with van der Waals surface area (Å²) in [6, 6.07) is 7.38. The Morgan fingerprint density at radius 3 is 2.73 bits per heavy atom. The lowest BCUT2D eigenvalue weighted by Crippen LogP contribution is -2.36.